The number of unbranched alkanes of at least 4 members (excludes halogenated alkanes) is 1. The van der Waals surface area contributed by atoms with Crippen molar-refractivity contribution in [3.63, 3.8) is 0 Å². The van der Waals surface area contributed by atoms with E-state index in [1.54, 1.807) is 18.2 Å². The molecule has 1 rings (SSSR count). The van der Waals surface area contributed by atoms with Crippen LogP contribution >= 0.6 is 24.2 Å². The molecule has 0 amide bonds. The first kappa shape index (κ1) is 18.6. The van der Waals surface area contributed by atoms with Crippen LogP contribution in [-0.2, 0) is 0 Å². The smallest absolute Gasteiger partial charge is 0.330 e. The summed E-state index contributed by atoms with van der Waals surface area (Å²) in [6.07, 6.45) is 2.30. The summed E-state index contributed by atoms with van der Waals surface area (Å²) < 4.78 is 37.2. The van der Waals surface area contributed by atoms with Crippen LogP contribution in [0.2, 0.25) is 0 Å². The zero-order valence-electron chi connectivity index (χ0n) is 10.3. The molecule has 110 valence electrons. The first-order valence-corrected chi connectivity index (χ1v) is 6.56. The van der Waals surface area contributed by atoms with Gasteiger partial charge in [-0.3, -0.25) is 0 Å². The Kier molecular flexibility index (Phi) is 8.49. The molecule has 19 heavy (non-hydrogen) atoms. The van der Waals surface area contributed by atoms with E-state index in [9.17, 15) is 13.2 Å². The third-order valence-electron chi connectivity index (χ3n) is 2.51. The van der Waals surface area contributed by atoms with Gasteiger partial charge in [-0.2, -0.15) is 13.2 Å². The van der Waals surface area contributed by atoms with Gasteiger partial charge in [0.25, 0.3) is 0 Å². The highest BCUT2D eigenvalue weighted by atomic mass is 35.5. The molecule has 0 saturated heterocycles. The Labute approximate surface area is 121 Å². The van der Waals surface area contributed by atoms with Crippen molar-refractivity contribution in [2.75, 3.05) is 6.54 Å². The van der Waals surface area contributed by atoms with Gasteiger partial charge in [0.2, 0.25) is 0 Å². The monoisotopic (exact) mass is 314 g/mol. The van der Waals surface area contributed by atoms with Gasteiger partial charge in [0.1, 0.15) is 0 Å². The molecular weight excluding hydrogens is 297 g/mol. The minimum atomic E-state index is -4.28. The summed E-state index contributed by atoms with van der Waals surface area (Å²) in [5.41, 5.74) is 7.57. The molecule has 0 saturated carbocycles. The molecular formula is C12H18ClF3N2S. The molecule has 1 atom stereocenters. The lowest BCUT2D eigenvalue weighted by atomic mass is 10.0. The second kappa shape index (κ2) is 8.68. The molecule has 4 N–H and O–H groups in total. The Bertz CT molecular complexity index is 374. The topological polar surface area (TPSA) is 52.0 Å². The molecule has 0 heterocycles. The van der Waals surface area contributed by atoms with Gasteiger partial charge in [-0.05, 0) is 42.8 Å². The maximum absolute atomic E-state index is 12.4. The number of hydrogen-bond acceptors (Lipinski definition) is 3. The normalized spacial score (nSPS) is 12.9. The lowest BCUT2D eigenvalue weighted by Crippen LogP contribution is -2.13. The maximum atomic E-state index is 12.4. The van der Waals surface area contributed by atoms with Crippen LogP contribution in [0.15, 0.2) is 29.2 Å². The van der Waals surface area contributed by atoms with Crippen molar-refractivity contribution in [1.82, 2.24) is 0 Å². The number of halogens is 4. The maximum Gasteiger partial charge on any atom is 0.446 e. The number of nitrogens with two attached hydrogens (primary N) is 2. The molecule has 0 aliphatic carbocycles. The van der Waals surface area contributed by atoms with Gasteiger partial charge < -0.3 is 11.5 Å². The van der Waals surface area contributed by atoms with E-state index in [1.807, 2.05) is 0 Å². The van der Waals surface area contributed by atoms with Gasteiger partial charge in [0, 0.05) is 10.9 Å². The van der Waals surface area contributed by atoms with Gasteiger partial charge in [0.15, 0.2) is 0 Å². The predicted octanol–water partition coefficient (Wildman–Crippen LogP) is 3.85. The molecule has 1 aromatic carbocycles. The van der Waals surface area contributed by atoms with Gasteiger partial charge in [-0.25, -0.2) is 0 Å². The number of hydrogen-bond donors (Lipinski definition) is 2. The summed E-state index contributed by atoms with van der Waals surface area (Å²) in [5.74, 6) is 0. The van der Waals surface area contributed by atoms with Crippen LogP contribution in [0.4, 0.5) is 13.2 Å². The van der Waals surface area contributed by atoms with Crippen LogP contribution < -0.4 is 11.5 Å². The van der Waals surface area contributed by atoms with Gasteiger partial charge in [0.05, 0.1) is 0 Å². The van der Waals surface area contributed by atoms with E-state index in [0.717, 1.165) is 12.8 Å². The summed E-state index contributed by atoms with van der Waals surface area (Å²) in [5, 5.41) is 0. The summed E-state index contributed by atoms with van der Waals surface area (Å²) in [7, 11) is 0. The summed E-state index contributed by atoms with van der Waals surface area (Å²) in [6, 6.07) is 6.03. The molecule has 1 aromatic rings. The Morgan fingerprint density at radius 1 is 1.16 bits per heavy atom. The van der Waals surface area contributed by atoms with Gasteiger partial charge in [-0.1, -0.05) is 24.6 Å². The zero-order valence-corrected chi connectivity index (χ0v) is 12.0. The fraction of sp³-hybridized carbons (Fsp3) is 0.500. The molecule has 0 aliphatic heterocycles. The minimum absolute atomic E-state index is 0. The Hall–Kier alpha value is -0.430. The van der Waals surface area contributed by atoms with Crippen LogP contribution in [0.1, 0.15) is 30.9 Å². The van der Waals surface area contributed by atoms with Crippen LogP contribution in [0, 0.1) is 0 Å². The molecule has 2 nitrogen and oxygen atoms in total. The third-order valence-corrected chi connectivity index (χ3v) is 3.34. The minimum Gasteiger partial charge on any atom is -0.330 e. The molecule has 0 bridgehead atoms. The summed E-state index contributed by atoms with van der Waals surface area (Å²) in [4.78, 5) is 0.185. The predicted molar refractivity (Wildman–Crippen MR) is 75.4 cm³/mol. The molecule has 0 unspecified atom stereocenters. The lowest BCUT2D eigenvalue weighted by Gasteiger charge is -2.16. The van der Waals surface area contributed by atoms with E-state index >= 15 is 0 Å². The first-order valence-electron chi connectivity index (χ1n) is 5.74. The highest BCUT2D eigenvalue weighted by molar-refractivity contribution is 8.00. The van der Waals surface area contributed by atoms with Crippen molar-refractivity contribution < 1.29 is 13.2 Å². The molecule has 0 spiro atoms. The van der Waals surface area contributed by atoms with E-state index < -0.39 is 5.51 Å². The largest absolute Gasteiger partial charge is 0.446 e. The first-order chi connectivity index (χ1) is 8.44. The van der Waals surface area contributed by atoms with E-state index in [2.05, 4.69) is 0 Å². The van der Waals surface area contributed by atoms with Crippen LogP contribution in [0.5, 0.6) is 0 Å². The highest BCUT2D eigenvalue weighted by Gasteiger charge is 2.30. The van der Waals surface area contributed by atoms with E-state index in [4.69, 9.17) is 11.5 Å². The number of benzene rings is 1. The van der Waals surface area contributed by atoms with Crippen molar-refractivity contribution in [1.29, 1.82) is 0 Å². The average molecular weight is 315 g/mol. The van der Waals surface area contributed by atoms with Gasteiger partial charge >= 0.3 is 5.51 Å². The number of alkyl halides is 3. The lowest BCUT2D eigenvalue weighted by molar-refractivity contribution is -0.0328. The molecule has 0 aliphatic rings. The fourth-order valence-electron chi connectivity index (χ4n) is 1.67. The summed E-state index contributed by atoms with van der Waals surface area (Å²) >= 11 is -0.110. The standard InChI is InChI=1S/C12H17F3N2S.ClH/c13-12(14,15)18-11-7-2-1-5-9(11)10(17)6-3-4-8-16;/h1-2,5,7,10H,3-4,6,8,16-17H2;1H/t10-;/m1./s1. The molecule has 0 fully saturated rings. The van der Waals surface area contributed by atoms with Crippen molar-refractivity contribution in [3.8, 4) is 0 Å². The number of thioether (sulfide) groups is 1. The Morgan fingerprint density at radius 2 is 1.79 bits per heavy atom. The van der Waals surface area contributed by atoms with Crippen molar-refractivity contribution in [2.45, 2.75) is 35.7 Å². The third kappa shape index (κ3) is 7.06. The van der Waals surface area contributed by atoms with E-state index in [-0.39, 0.29) is 35.1 Å². The van der Waals surface area contributed by atoms with Crippen LogP contribution in [0.3, 0.4) is 0 Å². The van der Waals surface area contributed by atoms with Crippen LogP contribution in [-0.4, -0.2) is 12.1 Å². The SMILES string of the molecule is Cl.NCCCC[C@@H](N)c1ccccc1SC(F)(F)F. The van der Waals surface area contributed by atoms with Crippen molar-refractivity contribution in [3.05, 3.63) is 29.8 Å². The Balaban J connectivity index is 0.00000324. The highest BCUT2D eigenvalue weighted by Crippen LogP contribution is 2.40. The second-order valence-corrected chi connectivity index (χ2v) is 5.08. The number of rotatable bonds is 6. The van der Waals surface area contributed by atoms with E-state index in [1.165, 1.54) is 6.07 Å². The second-order valence-electron chi connectivity index (χ2n) is 3.98. The van der Waals surface area contributed by atoms with Crippen molar-refractivity contribution >= 4 is 24.2 Å². The van der Waals surface area contributed by atoms with Gasteiger partial charge in [-0.15, -0.1) is 12.4 Å². The van der Waals surface area contributed by atoms with Crippen LogP contribution in [0.25, 0.3) is 0 Å². The molecule has 0 radical (unpaired) electrons. The molecule has 7 heteroatoms. The quantitative estimate of drug-likeness (QED) is 0.619. The average Bonchev–Trinajstić information content (AvgIpc) is 2.27. The zero-order chi connectivity index (χ0) is 13.6. The fourth-order valence-corrected chi connectivity index (χ4v) is 2.40. The van der Waals surface area contributed by atoms with E-state index in [0.29, 0.717) is 18.5 Å². The summed E-state index contributed by atoms with van der Waals surface area (Å²) in [6.45, 7) is 0.575. The molecule has 0 aromatic heterocycles. The Morgan fingerprint density at radius 3 is 2.37 bits per heavy atom. The van der Waals surface area contributed by atoms with Crippen molar-refractivity contribution in [2.24, 2.45) is 11.5 Å².